The van der Waals surface area contributed by atoms with Crippen LogP contribution < -0.4 is 0 Å². The lowest BCUT2D eigenvalue weighted by Gasteiger charge is -2.39. The van der Waals surface area contributed by atoms with E-state index < -0.39 is 0 Å². The molecular weight excluding hydrogens is 184 g/mol. The topological polar surface area (TPSA) is 17.1 Å². The van der Waals surface area contributed by atoms with Crippen LogP contribution in [0.3, 0.4) is 0 Å². The van der Waals surface area contributed by atoms with Gasteiger partial charge in [0.15, 0.2) is 5.78 Å². The van der Waals surface area contributed by atoms with Gasteiger partial charge in [0.05, 0.1) is 0 Å². The minimum atomic E-state index is 0.418. The van der Waals surface area contributed by atoms with E-state index >= 15 is 0 Å². The highest BCUT2D eigenvalue weighted by atomic mass is 16.1. The largest absolute Gasteiger partial charge is 0.295 e. The Bertz CT molecular complexity index is 307. The maximum atomic E-state index is 12.0. The van der Waals surface area contributed by atoms with Gasteiger partial charge in [0.2, 0.25) is 0 Å². The first-order valence-corrected chi connectivity index (χ1v) is 6.55. The van der Waals surface area contributed by atoms with Gasteiger partial charge in [-0.2, -0.15) is 0 Å². The minimum absolute atomic E-state index is 0.418. The molecule has 1 unspecified atom stereocenters. The SMILES string of the molecule is O=C1CC2(CCCCC2)C2CCCC=C12. The normalized spacial score (nSPS) is 34.0. The molecule has 0 bridgehead atoms. The Balaban J connectivity index is 1.94. The molecular formula is C14H20O. The lowest BCUT2D eigenvalue weighted by Crippen LogP contribution is -2.29. The van der Waals surface area contributed by atoms with Crippen LogP contribution in [-0.4, -0.2) is 5.78 Å². The Morgan fingerprint density at radius 1 is 1.13 bits per heavy atom. The van der Waals surface area contributed by atoms with Crippen LogP contribution in [0.1, 0.15) is 57.8 Å². The fourth-order valence-electron chi connectivity index (χ4n) is 4.15. The summed E-state index contributed by atoms with van der Waals surface area (Å²) in [5, 5.41) is 0. The number of hydrogen-bond donors (Lipinski definition) is 0. The average molecular weight is 204 g/mol. The van der Waals surface area contributed by atoms with Crippen LogP contribution in [0.25, 0.3) is 0 Å². The van der Waals surface area contributed by atoms with E-state index in [4.69, 9.17) is 0 Å². The van der Waals surface area contributed by atoms with Gasteiger partial charge in [0.1, 0.15) is 0 Å². The summed E-state index contributed by atoms with van der Waals surface area (Å²) in [5.74, 6) is 1.14. The average Bonchev–Trinajstić information content (AvgIpc) is 2.55. The van der Waals surface area contributed by atoms with Crippen molar-refractivity contribution in [3.05, 3.63) is 11.6 Å². The molecule has 3 aliphatic rings. The lowest BCUT2D eigenvalue weighted by atomic mass is 9.65. The zero-order chi connectivity index (χ0) is 10.3. The maximum Gasteiger partial charge on any atom is 0.159 e. The number of rotatable bonds is 0. The fourth-order valence-corrected chi connectivity index (χ4v) is 4.15. The Labute approximate surface area is 91.9 Å². The summed E-state index contributed by atoms with van der Waals surface area (Å²) in [6, 6.07) is 0. The monoisotopic (exact) mass is 204 g/mol. The number of fused-ring (bicyclic) bond motifs is 2. The molecule has 0 N–H and O–H groups in total. The predicted molar refractivity (Wildman–Crippen MR) is 60.6 cm³/mol. The van der Waals surface area contributed by atoms with E-state index in [1.54, 1.807) is 0 Å². The standard InChI is InChI=1S/C14H20O/c15-13-10-14(8-4-1-5-9-14)12-7-3-2-6-11(12)13/h6,12H,1-5,7-10H2. The number of hydrogen-bond acceptors (Lipinski definition) is 1. The molecule has 0 heterocycles. The molecule has 0 aromatic carbocycles. The Hall–Kier alpha value is -0.590. The Morgan fingerprint density at radius 3 is 2.73 bits per heavy atom. The van der Waals surface area contributed by atoms with Crippen molar-refractivity contribution in [2.75, 3.05) is 0 Å². The molecule has 2 saturated carbocycles. The van der Waals surface area contributed by atoms with Gasteiger partial charge in [0, 0.05) is 6.42 Å². The number of ketones is 1. The van der Waals surface area contributed by atoms with Crippen molar-refractivity contribution in [1.82, 2.24) is 0 Å². The maximum absolute atomic E-state index is 12.0. The van der Waals surface area contributed by atoms with Gasteiger partial charge in [-0.1, -0.05) is 25.3 Å². The van der Waals surface area contributed by atoms with Gasteiger partial charge >= 0.3 is 0 Å². The molecule has 82 valence electrons. The molecule has 3 rings (SSSR count). The molecule has 15 heavy (non-hydrogen) atoms. The van der Waals surface area contributed by atoms with Crippen LogP contribution in [0, 0.1) is 11.3 Å². The quantitative estimate of drug-likeness (QED) is 0.589. The van der Waals surface area contributed by atoms with Crippen LogP contribution >= 0.6 is 0 Å². The molecule has 2 fully saturated rings. The van der Waals surface area contributed by atoms with Gasteiger partial charge in [-0.15, -0.1) is 0 Å². The van der Waals surface area contributed by atoms with Crippen LogP contribution in [0.4, 0.5) is 0 Å². The number of Topliss-reactive ketones (excluding diaryl/α,β-unsaturated/α-hetero) is 1. The van der Waals surface area contributed by atoms with E-state index in [0.29, 0.717) is 17.1 Å². The third kappa shape index (κ3) is 1.39. The Morgan fingerprint density at radius 2 is 1.93 bits per heavy atom. The highest BCUT2D eigenvalue weighted by Crippen LogP contribution is 2.56. The van der Waals surface area contributed by atoms with E-state index in [1.807, 2.05) is 0 Å². The highest BCUT2D eigenvalue weighted by Gasteiger charge is 2.49. The third-order valence-electron chi connectivity index (χ3n) is 4.86. The first-order valence-electron chi connectivity index (χ1n) is 6.55. The lowest BCUT2D eigenvalue weighted by molar-refractivity contribution is -0.115. The van der Waals surface area contributed by atoms with E-state index in [1.165, 1.54) is 50.5 Å². The molecule has 1 heteroatoms. The molecule has 3 aliphatic carbocycles. The van der Waals surface area contributed by atoms with Crippen LogP contribution in [0.2, 0.25) is 0 Å². The summed E-state index contributed by atoms with van der Waals surface area (Å²) in [4.78, 5) is 12.0. The van der Waals surface area contributed by atoms with Crippen molar-refractivity contribution in [3.63, 3.8) is 0 Å². The van der Waals surface area contributed by atoms with E-state index in [2.05, 4.69) is 6.08 Å². The van der Waals surface area contributed by atoms with Crippen LogP contribution in [-0.2, 0) is 4.79 Å². The number of carbonyl (C=O) groups is 1. The second-order valence-corrected chi connectivity index (χ2v) is 5.67. The fraction of sp³-hybridized carbons (Fsp3) is 0.786. The molecule has 0 amide bonds. The summed E-state index contributed by atoms with van der Waals surface area (Å²) < 4.78 is 0. The zero-order valence-corrected chi connectivity index (χ0v) is 9.43. The van der Waals surface area contributed by atoms with Crippen molar-refractivity contribution >= 4 is 5.78 Å². The summed E-state index contributed by atoms with van der Waals surface area (Å²) in [5.41, 5.74) is 1.64. The molecule has 1 spiro atoms. The van der Waals surface area contributed by atoms with Gasteiger partial charge in [-0.3, -0.25) is 4.79 Å². The molecule has 0 radical (unpaired) electrons. The van der Waals surface area contributed by atoms with Crippen molar-refractivity contribution in [2.45, 2.75) is 57.8 Å². The van der Waals surface area contributed by atoms with E-state index in [9.17, 15) is 4.79 Å². The smallest absolute Gasteiger partial charge is 0.159 e. The van der Waals surface area contributed by atoms with E-state index in [0.717, 1.165) is 12.8 Å². The van der Waals surface area contributed by atoms with Crippen LogP contribution in [0.15, 0.2) is 11.6 Å². The number of allylic oxidation sites excluding steroid dienone is 2. The molecule has 0 aromatic heterocycles. The summed E-state index contributed by atoms with van der Waals surface area (Å²) in [6.45, 7) is 0. The van der Waals surface area contributed by atoms with Gasteiger partial charge in [-0.25, -0.2) is 0 Å². The van der Waals surface area contributed by atoms with Crippen molar-refractivity contribution in [3.8, 4) is 0 Å². The second-order valence-electron chi connectivity index (χ2n) is 5.67. The second kappa shape index (κ2) is 3.47. The first-order chi connectivity index (χ1) is 7.32. The Kier molecular flexibility index (Phi) is 2.22. The molecule has 1 nitrogen and oxygen atoms in total. The molecule has 0 aliphatic heterocycles. The zero-order valence-electron chi connectivity index (χ0n) is 9.43. The molecule has 1 atom stereocenters. The summed E-state index contributed by atoms with van der Waals surface area (Å²) in [7, 11) is 0. The van der Waals surface area contributed by atoms with Gasteiger partial charge < -0.3 is 0 Å². The predicted octanol–water partition coefficient (Wildman–Crippen LogP) is 3.64. The van der Waals surface area contributed by atoms with Crippen molar-refractivity contribution in [2.24, 2.45) is 11.3 Å². The minimum Gasteiger partial charge on any atom is -0.295 e. The number of carbonyl (C=O) groups excluding carboxylic acids is 1. The van der Waals surface area contributed by atoms with Gasteiger partial charge in [0.25, 0.3) is 0 Å². The third-order valence-corrected chi connectivity index (χ3v) is 4.86. The van der Waals surface area contributed by atoms with Crippen LogP contribution in [0.5, 0.6) is 0 Å². The highest BCUT2D eigenvalue weighted by molar-refractivity contribution is 5.99. The van der Waals surface area contributed by atoms with E-state index in [-0.39, 0.29) is 0 Å². The van der Waals surface area contributed by atoms with Gasteiger partial charge in [-0.05, 0) is 49.0 Å². The first kappa shape index (κ1) is 9.62. The van der Waals surface area contributed by atoms with Crippen molar-refractivity contribution in [1.29, 1.82) is 0 Å². The summed E-state index contributed by atoms with van der Waals surface area (Å²) >= 11 is 0. The summed E-state index contributed by atoms with van der Waals surface area (Å²) in [6.07, 6.45) is 13.6. The van der Waals surface area contributed by atoms with Crippen molar-refractivity contribution < 1.29 is 4.79 Å². The molecule has 0 aromatic rings. The molecule has 0 saturated heterocycles.